The molecule has 1 saturated heterocycles. The normalized spacial score (nSPS) is 19.4. The van der Waals surface area contributed by atoms with Crippen molar-refractivity contribution >= 4 is 0 Å². The highest BCUT2D eigenvalue weighted by atomic mass is 16.5. The van der Waals surface area contributed by atoms with E-state index in [9.17, 15) is 0 Å². The predicted octanol–water partition coefficient (Wildman–Crippen LogP) is 2.39. The summed E-state index contributed by atoms with van der Waals surface area (Å²) in [5.74, 6) is 1.04. The lowest BCUT2D eigenvalue weighted by atomic mass is 10.2. The highest BCUT2D eigenvalue weighted by Gasteiger charge is 2.17. The summed E-state index contributed by atoms with van der Waals surface area (Å²) in [7, 11) is 2.12. The number of hydrogen-bond donors (Lipinski definition) is 1. The molecular formula is C15H26N2O2. The van der Waals surface area contributed by atoms with E-state index in [1.165, 1.54) is 18.4 Å². The van der Waals surface area contributed by atoms with Gasteiger partial charge in [0.1, 0.15) is 5.76 Å². The van der Waals surface area contributed by atoms with Crippen LogP contribution in [0.3, 0.4) is 0 Å². The number of nitrogens with zero attached hydrogens (tertiary/aromatic N) is 1. The lowest BCUT2D eigenvalue weighted by Crippen LogP contribution is -2.28. The van der Waals surface area contributed by atoms with Crippen molar-refractivity contribution < 1.29 is 9.15 Å². The average molecular weight is 266 g/mol. The van der Waals surface area contributed by atoms with Gasteiger partial charge >= 0.3 is 0 Å². The number of furan rings is 1. The Bertz CT molecular complexity index is 359. The van der Waals surface area contributed by atoms with E-state index >= 15 is 0 Å². The van der Waals surface area contributed by atoms with Gasteiger partial charge in [-0.15, -0.1) is 0 Å². The van der Waals surface area contributed by atoms with E-state index in [1.807, 2.05) is 6.26 Å². The van der Waals surface area contributed by atoms with E-state index in [1.54, 1.807) is 0 Å². The molecule has 0 saturated carbocycles. The van der Waals surface area contributed by atoms with Crippen molar-refractivity contribution in [3.05, 3.63) is 23.7 Å². The minimum atomic E-state index is 0.408. The molecule has 0 bridgehead atoms. The van der Waals surface area contributed by atoms with E-state index in [0.29, 0.717) is 6.10 Å². The quantitative estimate of drug-likeness (QED) is 0.733. The largest absolute Gasteiger partial charge is 0.468 e. The molecule has 0 amide bonds. The van der Waals surface area contributed by atoms with Gasteiger partial charge in [0.15, 0.2) is 0 Å². The maximum absolute atomic E-state index is 5.65. The molecule has 0 aromatic carbocycles. The van der Waals surface area contributed by atoms with Crippen molar-refractivity contribution in [2.75, 3.05) is 26.7 Å². The van der Waals surface area contributed by atoms with E-state index in [2.05, 4.69) is 30.3 Å². The molecule has 1 atom stereocenters. The maximum Gasteiger partial charge on any atom is 0.118 e. The van der Waals surface area contributed by atoms with Gasteiger partial charge in [0.05, 0.1) is 18.9 Å². The van der Waals surface area contributed by atoms with Crippen LogP contribution in [0, 0.1) is 0 Å². The van der Waals surface area contributed by atoms with Crippen LogP contribution in [0.2, 0.25) is 0 Å². The van der Waals surface area contributed by atoms with Crippen molar-refractivity contribution in [1.82, 2.24) is 10.2 Å². The first kappa shape index (κ1) is 14.6. The SMILES string of the molecule is CCCNCc1coc(CN(C)CC2CCCO2)c1. The molecule has 1 unspecified atom stereocenters. The van der Waals surface area contributed by atoms with Crippen LogP contribution in [0.15, 0.2) is 16.7 Å². The Kier molecular flexibility index (Phi) is 5.89. The lowest BCUT2D eigenvalue weighted by Gasteiger charge is -2.19. The summed E-state index contributed by atoms with van der Waals surface area (Å²) in [5, 5.41) is 3.38. The fraction of sp³-hybridized carbons (Fsp3) is 0.733. The monoisotopic (exact) mass is 266 g/mol. The molecule has 19 heavy (non-hydrogen) atoms. The first-order valence-corrected chi connectivity index (χ1v) is 7.35. The maximum atomic E-state index is 5.65. The zero-order valence-corrected chi connectivity index (χ0v) is 12.2. The molecule has 4 heteroatoms. The minimum absolute atomic E-state index is 0.408. The Labute approximate surface area is 116 Å². The molecule has 0 spiro atoms. The van der Waals surface area contributed by atoms with Crippen molar-refractivity contribution in [1.29, 1.82) is 0 Å². The molecule has 2 heterocycles. The molecule has 0 aliphatic carbocycles. The summed E-state index contributed by atoms with van der Waals surface area (Å²) in [6.07, 6.45) is 5.82. The Morgan fingerprint density at radius 2 is 2.37 bits per heavy atom. The second kappa shape index (κ2) is 7.68. The third-order valence-electron chi connectivity index (χ3n) is 3.43. The van der Waals surface area contributed by atoms with Crippen molar-refractivity contribution in [2.24, 2.45) is 0 Å². The van der Waals surface area contributed by atoms with Gasteiger partial charge in [-0.3, -0.25) is 4.90 Å². The number of likely N-dealkylation sites (N-methyl/N-ethyl adjacent to an activating group) is 1. The highest BCUT2D eigenvalue weighted by Crippen LogP contribution is 2.15. The molecule has 1 aliphatic rings. The van der Waals surface area contributed by atoms with Gasteiger partial charge in [0, 0.05) is 25.3 Å². The van der Waals surface area contributed by atoms with Crippen LogP contribution in [0.4, 0.5) is 0 Å². The van der Waals surface area contributed by atoms with E-state index < -0.39 is 0 Å². The van der Waals surface area contributed by atoms with Gasteiger partial charge in [-0.05, 0) is 38.9 Å². The average Bonchev–Trinajstić information content (AvgIpc) is 3.02. The topological polar surface area (TPSA) is 37.6 Å². The van der Waals surface area contributed by atoms with Crippen LogP contribution in [0.5, 0.6) is 0 Å². The third kappa shape index (κ3) is 4.97. The summed E-state index contributed by atoms with van der Waals surface area (Å²) in [5.41, 5.74) is 1.23. The number of nitrogens with one attached hydrogen (secondary N) is 1. The predicted molar refractivity (Wildman–Crippen MR) is 76.0 cm³/mol. The Balaban J connectivity index is 1.72. The van der Waals surface area contributed by atoms with Gasteiger partial charge in [0.25, 0.3) is 0 Å². The standard InChI is InChI=1S/C15H26N2O2/c1-3-6-16-9-13-8-15(19-12-13)11-17(2)10-14-5-4-7-18-14/h8,12,14,16H,3-7,9-11H2,1-2H3. The third-order valence-corrected chi connectivity index (χ3v) is 3.43. The second-order valence-electron chi connectivity index (χ2n) is 5.43. The number of rotatable bonds is 8. The zero-order valence-electron chi connectivity index (χ0n) is 12.2. The van der Waals surface area contributed by atoms with Crippen molar-refractivity contribution in [3.8, 4) is 0 Å². The zero-order chi connectivity index (χ0) is 13.5. The molecule has 1 aliphatic heterocycles. The number of hydrogen-bond acceptors (Lipinski definition) is 4. The first-order valence-electron chi connectivity index (χ1n) is 7.35. The summed E-state index contributed by atoms with van der Waals surface area (Å²) in [4.78, 5) is 2.28. The fourth-order valence-electron chi connectivity index (χ4n) is 2.48. The van der Waals surface area contributed by atoms with Crippen LogP contribution in [0.1, 0.15) is 37.5 Å². The van der Waals surface area contributed by atoms with Crippen LogP contribution in [-0.4, -0.2) is 37.7 Å². The molecule has 0 radical (unpaired) electrons. The summed E-state index contributed by atoms with van der Waals surface area (Å²) >= 11 is 0. The summed E-state index contributed by atoms with van der Waals surface area (Å²) in [6.45, 7) is 6.89. The van der Waals surface area contributed by atoms with Gasteiger partial charge < -0.3 is 14.5 Å². The highest BCUT2D eigenvalue weighted by molar-refractivity contribution is 5.12. The molecule has 1 N–H and O–H groups in total. The molecule has 1 aromatic rings. The lowest BCUT2D eigenvalue weighted by molar-refractivity contribution is 0.0774. The van der Waals surface area contributed by atoms with Gasteiger partial charge in [-0.2, -0.15) is 0 Å². The van der Waals surface area contributed by atoms with Crippen LogP contribution in [0.25, 0.3) is 0 Å². The van der Waals surface area contributed by atoms with Crippen LogP contribution in [-0.2, 0) is 17.8 Å². The van der Waals surface area contributed by atoms with E-state index in [-0.39, 0.29) is 0 Å². The van der Waals surface area contributed by atoms with Crippen LogP contribution < -0.4 is 5.32 Å². The van der Waals surface area contributed by atoms with Crippen LogP contribution >= 0.6 is 0 Å². The molecule has 4 nitrogen and oxygen atoms in total. The van der Waals surface area contributed by atoms with Gasteiger partial charge in [-0.25, -0.2) is 0 Å². The number of ether oxygens (including phenoxy) is 1. The molecule has 108 valence electrons. The summed E-state index contributed by atoms with van der Waals surface area (Å²) in [6, 6.07) is 2.15. The Hall–Kier alpha value is -0.840. The molecule has 1 aromatic heterocycles. The first-order chi connectivity index (χ1) is 9.28. The Morgan fingerprint density at radius 1 is 1.47 bits per heavy atom. The molecule has 1 fully saturated rings. The minimum Gasteiger partial charge on any atom is -0.468 e. The second-order valence-corrected chi connectivity index (χ2v) is 5.43. The van der Waals surface area contributed by atoms with Gasteiger partial charge in [0.2, 0.25) is 0 Å². The van der Waals surface area contributed by atoms with Gasteiger partial charge in [-0.1, -0.05) is 6.92 Å². The van der Waals surface area contributed by atoms with E-state index in [0.717, 1.165) is 45.0 Å². The van der Waals surface area contributed by atoms with Crippen molar-refractivity contribution in [3.63, 3.8) is 0 Å². The smallest absolute Gasteiger partial charge is 0.118 e. The molecule has 2 rings (SSSR count). The Morgan fingerprint density at radius 3 is 3.11 bits per heavy atom. The summed E-state index contributed by atoms with van der Waals surface area (Å²) < 4.78 is 11.3. The van der Waals surface area contributed by atoms with Crippen molar-refractivity contribution in [2.45, 2.75) is 45.4 Å². The van der Waals surface area contributed by atoms with E-state index in [4.69, 9.17) is 9.15 Å². The molecular weight excluding hydrogens is 240 g/mol. The fourth-order valence-corrected chi connectivity index (χ4v) is 2.48.